The molecule has 1 saturated heterocycles. The van der Waals surface area contributed by atoms with Gasteiger partial charge in [-0.15, -0.1) is 0 Å². The second-order valence-electron chi connectivity index (χ2n) is 26.4. The Morgan fingerprint density at radius 1 is 0.386 bits per heavy atom. The summed E-state index contributed by atoms with van der Waals surface area (Å²) in [4.78, 5) is 22.5. The van der Waals surface area contributed by atoms with E-state index in [1.165, 1.54) is 167 Å². The number of carbonyl (C=O) groups is 1. The quantitative estimate of drug-likeness (QED) is 0.0201. The number of aliphatic hydroxyl groups is 4. The highest BCUT2D eigenvalue weighted by atomic mass is 33.1. The first-order valence-electron chi connectivity index (χ1n) is 37.8. The number of aliphatic hydroxyl groups excluding tert-OH is 4. The van der Waals surface area contributed by atoms with Crippen molar-refractivity contribution >= 4 is 27.6 Å². The van der Waals surface area contributed by atoms with Gasteiger partial charge in [-0.2, -0.15) is 0 Å². The molecule has 0 spiro atoms. The van der Waals surface area contributed by atoms with Crippen molar-refractivity contribution in [2.45, 2.75) is 335 Å². The lowest BCUT2D eigenvalue weighted by Gasteiger charge is -2.34. The Hall–Kier alpha value is -1.19. The maximum Gasteiger partial charge on any atom is 0.305 e. The predicted octanol–water partition coefficient (Wildman–Crippen LogP) is 19.0. The van der Waals surface area contributed by atoms with Gasteiger partial charge in [0.15, 0.2) is 0 Å². The Kier molecular flexibility index (Phi) is 64.8. The Balaban J connectivity index is 2.42. The smallest absolute Gasteiger partial charge is 0.305 e. The first-order valence-corrected chi connectivity index (χ1v) is 40.3. The summed E-state index contributed by atoms with van der Waals surface area (Å²) < 4.78 is 5.76. The molecule has 4 N–H and O–H groups in total. The number of unbranched alkanes of at least 4 members (excludes halogenated alkanes) is 29. The van der Waals surface area contributed by atoms with Crippen molar-refractivity contribution in [2.75, 3.05) is 96.6 Å². The summed E-state index contributed by atoms with van der Waals surface area (Å²) in [6.07, 6.45) is 67.5. The number of hydrogen-bond donors (Lipinski definition) is 4. The van der Waals surface area contributed by atoms with Gasteiger partial charge in [0.25, 0.3) is 0 Å². The monoisotopic (exact) mass is 1280 g/mol. The summed E-state index contributed by atoms with van der Waals surface area (Å²) in [5.74, 6) is 2.09. The molecule has 0 aromatic carbocycles. The van der Waals surface area contributed by atoms with Crippen molar-refractivity contribution < 1.29 is 30.0 Å². The molecule has 1 aliphatic heterocycles. The summed E-state index contributed by atoms with van der Waals surface area (Å²) in [5, 5.41) is 44.4. The van der Waals surface area contributed by atoms with Crippen molar-refractivity contribution in [2.24, 2.45) is 0 Å². The van der Waals surface area contributed by atoms with E-state index in [-0.39, 0.29) is 18.2 Å². The highest BCUT2D eigenvalue weighted by molar-refractivity contribution is 8.76. The standard InChI is InChI=1S/C76H146N4O6S2/c1-5-9-13-17-21-25-27-29-31-33-35-39-43-47-54-74(83)70-80(71-75(84)55-48-44-40-36-34-32-30-28-26-22-18-14-10-6-2)58-51-56-76(85)86-65-63-77-59-61-78(62-60-77)64-67-88-87-66-50-49-57-79(68-72(81)52-45-41-37-23-19-15-11-7-3)69-73(82)53-46-42-38-24-20-16-12-8-4/h21-22,25-26,29-32,72-75,81-84H,5-20,23-24,27-28,33-71H2,1-4H3/b25-21-,26-22-,31-29-,32-30-. The van der Waals surface area contributed by atoms with Gasteiger partial charge in [0.1, 0.15) is 6.61 Å². The third-order valence-electron chi connectivity index (χ3n) is 17.7. The number of ether oxygens (including phenoxy) is 1. The normalized spacial score (nSPS) is 15.2. The first-order chi connectivity index (χ1) is 43.2. The maximum atomic E-state index is 13.0. The summed E-state index contributed by atoms with van der Waals surface area (Å²) in [5.41, 5.74) is 0. The van der Waals surface area contributed by atoms with E-state index in [9.17, 15) is 25.2 Å². The van der Waals surface area contributed by atoms with Gasteiger partial charge in [0.2, 0.25) is 0 Å². The lowest BCUT2D eigenvalue weighted by molar-refractivity contribution is -0.144. The molecule has 518 valence electrons. The van der Waals surface area contributed by atoms with Gasteiger partial charge in [0.05, 0.1) is 24.4 Å². The van der Waals surface area contributed by atoms with E-state index in [0.717, 1.165) is 160 Å². The summed E-state index contributed by atoms with van der Waals surface area (Å²) in [6.45, 7) is 19.4. The van der Waals surface area contributed by atoms with Gasteiger partial charge < -0.3 is 25.2 Å². The zero-order valence-electron chi connectivity index (χ0n) is 58.4. The third kappa shape index (κ3) is 59.8. The van der Waals surface area contributed by atoms with Gasteiger partial charge in [-0.1, -0.05) is 265 Å². The molecule has 0 saturated carbocycles. The molecular formula is C76H146N4O6S2. The molecule has 0 radical (unpaired) electrons. The topological polar surface area (TPSA) is 120 Å². The van der Waals surface area contributed by atoms with Crippen LogP contribution in [0.5, 0.6) is 0 Å². The average Bonchev–Trinajstić information content (AvgIpc) is 3.65. The third-order valence-corrected chi connectivity index (χ3v) is 20.1. The molecule has 4 unspecified atom stereocenters. The zero-order valence-corrected chi connectivity index (χ0v) is 60.0. The van der Waals surface area contributed by atoms with Crippen LogP contribution in [0, 0.1) is 0 Å². The molecule has 12 heteroatoms. The van der Waals surface area contributed by atoms with Crippen molar-refractivity contribution in [3.8, 4) is 0 Å². The lowest BCUT2D eigenvalue weighted by Crippen LogP contribution is -2.47. The van der Waals surface area contributed by atoms with E-state index in [0.29, 0.717) is 52.2 Å². The van der Waals surface area contributed by atoms with Crippen LogP contribution in [0.2, 0.25) is 0 Å². The molecule has 4 atom stereocenters. The number of allylic oxidation sites excluding steroid dienone is 8. The van der Waals surface area contributed by atoms with E-state index in [2.05, 4.69) is 95.9 Å². The molecule has 0 aliphatic carbocycles. The highest BCUT2D eigenvalue weighted by Crippen LogP contribution is 2.23. The van der Waals surface area contributed by atoms with Crippen molar-refractivity contribution in [3.05, 3.63) is 48.6 Å². The largest absolute Gasteiger partial charge is 0.464 e. The van der Waals surface area contributed by atoms with Crippen molar-refractivity contribution in [1.82, 2.24) is 19.6 Å². The number of piperazine rings is 1. The Morgan fingerprint density at radius 3 is 1.10 bits per heavy atom. The van der Waals surface area contributed by atoms with E-state index in [4.69, 9.17) is 4.74 Å². The molecule has 0 aromatic rings. The molecule has 88 heavy (non-hydrogen) atoms. The van der Waals surface area contributed by atoms with E-state index >= 15 is 0 Å². The van der Waals surface area contributed by atoms with Gasteiger partial charge in [-0.25, -0.2) is 0 Å². The Bertz CT molecular complexity index is 1480. The van der Waals surface area contributed by atoms with Crippen molar-refractivity contribution in [1.29, 1.82) is 0 Å². The van der Waals surface area contributed by atoms with Crippen LogP contribution in [0.4, 0.5) is 0 Å². The molecular weight excluding hydrogens is 1130 g/mol. The number of rotatable bonds is 68. The molecule has 1 rings (SSSR count). The summed E-state index contributed by atoms with van der Waals surface area (Å²) >= 11 is 0. The van der Waals surface area contributed by atoms with Crippen LogP contribution in [0.3, 0.4) is 0 Å². The van der Waals surface area contributed by atoms with E-state index in [1.807, 2.05) is 21.6 Å². The van der Waals surface area contributed by atoms with Gasteiger partial charge in [-0.3, -0.25) is 24.4 Å². The van der Waals surface area contributed by atoms with Crippen LogP contribution in [0.1, 0.15) is 310 Å². The molecule has 10 nitrogen and oxygen atoms in total. The van der Waals surface area contributed by atoms with Crippen LogP contribution in [-0.2, 0) is 9.53 Å². The Morgan fingerprint density at radius 2 is 0.705 bits per heavy atom. The van der Waals surface area contributed by atoms with Crippen LogP contribution in [0.25, 0.3) is 0 Å². The molecule has 0 amide bonds. The number of carbonyl (C=O) groups excluding carboxylic acids is 1. The zero-order chi connectivity index (χ0) is 63.7. The number of esters is 1. The van der Waals surface area contributed by atoms with Crippen LogP contribution < -0.4 is 0 Å². The fourth-order valence-corrected chi connectivity index (χ4v) is 14.1. The number of hydrogen-bond acceptors (Lipinski definition) is 12. The summed E-state index contributed by atoms with van der Waals surface area (Å²) in [7, 11) is 3.98. The average molecular weight is 1280 g/mol. The minimum atomic E-state index is -0.439. The van der Waals surface area contributed by atoms with Crippen LogP contribution in [0.15, 0.2) is 48.6 Å². The minimum absolute atomic E-state index is 0.153. The molecule has 1 fully saturated rings. The fraction of sp³-hybridized carbons (Fsp3) is 0.882. The predicted molar refractivity (Wildman–Crippen MR) is 388 cm³/mol. The second kappa shape index (κ2) is 67.2. The van der Waals surface area contributed by atoms with E-state index in [1.54, 1.807) is 0 Å². The van der Waals surface area contributed by atoms with Crippen LogP contribution in [-0.4, -0.2) is 167 Å². The van der Waals surface area contributed by atoms with Gasteiger partial charge in [0, 0.05) is 83.4 Å². The summed E-state index contributed by atoms with van der Waals surface area (Å²) in [6, 6.07) is 0. The fourth-order valence-electron chi connectivity index (χ4n) is 12.0. The Labute approximate surface area is 553 Å². The first kappa shape index (κ1) is 84.8. The molecule has 0 bridgehead atoms. The van der Waals surface area contributed by atoms with E-state index < -0.39 is 12.2 Å². The molecule has 1 heterocycles. The molecule has 1 aliphatic rings. The SMILES string of the molecule is CCCCC/C=C\C/C=C\CCCCCCC(O)CN(CCCC(=O)OCCN1CCN(CCSSCCCCN(CC(O)CCCCCCCCCC)CC(O)CCCCCCCCCC)CC1)CC(O)CCCCCC/C=C\C/C=C\CCCCC. The van der Waals surface area contributed by atoms with Gasteiger partial charge >= 0.3 is 5.97 Å². The highest BCUT2D eigenvalue weighted by Gasteiger charge is 2.20. The number of nitrogens with zero attached hydrogens (tertiary/aromatic N) is 4. The second-order valence-corrected chi connectivity index (χ2v) is 29.1. The minimum Gasteiger partial charge on any atom is -0.464 e. The van der Waals surface area contributed by atoms with Crippen molar-refractivity contribution in [3.63, 3.8) is 0 Å². The van der Waals surface area contributed by atoms with Crippen LogP contribution >= 0.6 is 21.6 Å². The molecule has 0 aromatic heterocycles. The maximum absolute atomic E-state index is 13.0. The van der Waals surface area contributed by atoms with Gasteiger partial charge in [-0.05, 0) is 122 Å². The lowest BCUT2D eigenvalue weighted by atomic mass is 10.0.